The van der Waals surface area contributed by atoms with Gasteiger partial charge >= 0.3 is 0 Å². The van der Waals surface area contributed by atoms with Crippen molar-refractivity contribution < 1.29 is 0 Å². The fourth-order valence-corrected chi connectivity index (χ4v) is 2.51. The van der Waals surface area contributed by atoms with Crippen LogP contribution >= 0.6 is 0 Å². The molecular weight excluding hydrogens is 246 g/mol. The number of rotatable bonds is 5. The summed E-state index contributed by atoms with van der Waals surface area (Å²) in [6.07, 6.45) is 3.14. The van der Waals surface area contributed by atoms with Crippen LogP contribution in [0.4, 0.5) is 0 Å². The van der Waals surface area contributed by atoms with Gasteiger partial charge in [0.25, 0.3) is 0 Å². The van der Waals surface area contributed by atoms with E-state index in [1.807, 2.05) is 6.20 Å². The fraction of sp³-hybridized carbons (Fsp3) is 0.471. The lowest BCUT2D eigenvalue weighted by Gasteiger charge is -2.14. The number of hydrogen-bond donors (Lipinski definition) is 1. The molecule has 0 bridgehead atoms. The topological polar surface area (TPSA) is 29.9 Å². The van der Waals surface area contributed by atoms with E-state index in [-0.39, 0.29) is 0 Å². The highest BCUT2D eigenvalue weighted by Crippen LogP contribution is 2.22. The zero-order valence-electron chi connectivity index (χ0n) is 13.2. The Morgan fingerprint density at radius 3 is 2.70 bits per heavy atom. The highest BCUT2D eigenvalue weighted by molar-refractivity contribution is 5.44. The Bertz CT molecular complexity index is 584. The monoisotopic (exact) mass is 271 g/mol. The van der Waals surface area contributed by atoms with Crippen LogP contribution in [-0.2, 0) is 0 Å². The van der Waals surface area contributed by atoms with Gasteiger partial charge in [-0.15, -0.1) is 0 Å². The third-order valence-electron chi connectivity index (χ3n) is 3.81. The van der Waals surface area contributed by atoms with Gasteiger partial charge in [0.2, 0.25) is 0 Å². The first-order valence-electron chi connectivity index (χ1n) is 7.40. The van der Waals surface area contributed by atoms with Crippen molar-refractivity contribution in [3.63, 3.8) is 0 Å². The molecule has 0 aliphatic heterocycles. The second kappa shape index (κ2) is 6.23. The van der Waals surface area contributed by atoms with Crippen LogP contribution in [0.1, 0.15) is 48.7 Å². The first-order valence-corrected chi connectivity index (χ1v) is 7.40. The minimum Gasteiger partial charge on any atom is -0.310 e. The molecule has 1 aromatic heterocycles. The highest BCUT2D eigenvalue weighted by atomic mass is 15.3. The molecule has 2 aromatic rings. The molecule has 108 valence electrons. The largest absolute Gasteiger partial charge is 0.310 e. The van der Waals surface area contributed by atoms with Crippen molar-refractivity contribution in [3.05, 3.63) is 46.8 Å². The van der Waals surface area contributed by atoms with Gasteiger partial charge < -0.3 is 5.32 Å². The van der Waals surface area contributed by atoms with Gasteiger partial charge in [0.15, 0.2) is 0 Å². The van der Waals surface area contributed by atoms with Gasteiger partial charge in [-0.1, -0.05) is 19.1 Å². The summed E-state index contributed by atoms with van der Waals surface area (Å²) >= 11 is 0. The van der Waals surface area contributed by atoms with Gasteiger partial charge in [0.1, 0.15) is 0 Å². The van der Waals surface area contributed by atoms with Crippen molar-refractivity contribution in [1.82, 2.24) is 15.1 Å². The molecule has 0 amide bonds. The van der Waals surface area contributed by atoms with Crippen LogP contribution in [0.3, 0.4) is 0 Å². The summed E-state index contributed by atoms with van der Waals surface area (Å²) in [5, 5.41) is 8.12. The molecule has 0 saturated heterocycles. The third kappa shape index (κ3) is 2.93. The Morgan fingerprint density at radius 1 is 1.25 bits per heavy atom. The standard InChI is InChI=1S/C17H25N3/c1-6-9-18-14(4)16-11-19-20(15(16)5)17-10-12(2)7-8-13(17)3/h7-8,10-11,14,18H,6,9H2,1-5H3. The van der Waals surface area contributed by atoms with Crippen LogP contribution in [0.2, 0.25) is 0 Å². The van der Waals surface area contributed by atoms with E-state index in [0.717, 1.165) is 13.0 Å². The van der Waals surface area contributed by atoms with E-state index >= 15 is 0 Å². The molecule has 0 saturated carbocycles. The summed E-state index contributed by atoms with van der Waals surface area (Å²) < 4.78 is 2.06. The van der Waals surface area contributed by atoms with Crippen LogP contribution in [0, 0.1) is 20.8 Å². The molecule has 1 atom stereocenters. The Hall–Kier alpha value is -1.61. The third-order valence-corrected chi connectivity index (χ3v) is 3.81. The molecule has 1 aromatic carbocycles. The molecule has 0 fully saturated rings. The summed E-state index contributed by atoms with van der Waals surface area (Å²) in [4.78, 5) is 0. The van der Waals surface area contributed by atoms with Crippen molar-refractivity contribution in [2.24, 2.45) is 0 Å². The molecule has 0 aliphatic carbocycles. The van der Waals surface area contributed by atoms with Crippen molar-refractivity contribution in [2.45, 2.75) is 47.1 Å². The van der Waals surface area contributed by atoms with E-state index in [0.29, 0.717) is 6.04 Å². The predicted molar refractivity (Wildman–Crippen MR) is 84.5 cm³/mol. The maximum Gasteiger partial charge on any atom is 0.0680 e. The highest BCUT2D eigenvalue weighted by Gasteiger charge is 2.14. The van der Waals surface area contributed by atoms with Crippen LogP contribution in [-0.4, -0.2) is 16.3 Å². The van der Waals surface area contributed by atoms with Gasteiger partial charge in [0, 0.05) is 17.3 Å². The normalized spacial score (nSPS) is 12.7. The number of nitrogens with zero attached hydrogens (tertiary/aromatic N) is 2. The first kappa shape index (κ1) is 14.8. The Morgan fingerprint density at radius 2 is 2.00 bits per heavy atom. The predicted octanol–water partition coefficient (Wildman–Crippen LogP) is 3.86. The Balaban J connectivity index is 2.35. The van der Waals surface area contributed by atoms with E-state index in [2.05, 4.69) is 67.9 Å². The molecule has 0 radical (unpaired) electrons. The van der Waals surface area contributed by atoms with Gasteiger partial charge in [0.05, 0.1) is 11.9 Å². The SMILES string of the molecule is CCCNC(C)c1cnn(-c2cc(C)ccc2C)c1C. The molecule has 0 spiro atoms. The Labute approximate surface area is 122 Å². The van der Waals surface area contributed by atoms with Crippen LogP contribution in [0.25, 0.3) is 5.69 Å². The molecular formula is C17H25N3. The van der Waals surface area contributed by atoms with Gasteiger partial charge in [-0.05, 0) is 57.9 Å². The lowest BCUT2D eigenvalue weighted by molar-refractivity contribution is 0.568. The van der Waals surface area contributed by atoms with Crippen LogP contribution < -0.4 is 5.32 Å². The molecule has 0 aliphatic rings. The van der Waals surface area contributed by atoms with Gasteiger partial charge in [-0.2, -0.15) is 5.10 Å². The summed E-state index contributed by atoms with van der Waals surface area (Å²) in [5.41, 5.74) is 6.19. The Kier molecular flexibility index (Phi) is 4.61. The zero-order chi connectivity index (χ0) is 14.7. The molecule has 1 heterocycles. The van der Waals surface area contributed by atoms with E-state index in [9.17, 15) is 0 Å². The summed E-state index contributed by atoms with van der Waals surface area (Å²) in [5.74, 6) is 0. The molecule has 20 heavy (non-hydrogen) atoms. The number of aromatic nitrogens is 2. The van der Waals surface area contributed by atoms with Crippen molar-refractivity contribution in [3.8, 4) is 5.69 Å². The molecule has 3 nitrogen and oxygen atoms in total. The fourth-order valence-electron chi connectivity index (χ4n) is 2.51. The van der Waals surface area contributed by atoms with E-state index in [4.69, 9.17) is 0 Å². The van der Waals surface area contributed by atoms with Gasteiger partial charge in [-0.3, -0.25) is 0 Å². The minimum absolute atomic E-state index is 0.341. The lowest BCUT2D eigenvalue weighted by atomic mass is 10.1. The van der Waals surface area contributed by atoms with E-state index in [1.165, 1.54) is 28.1 Å². The summed E-state index contributed by atoms with van der Waals surface area (Å²) in [6.45, 7) is 11.8. The minimum atomic E-state index is 0.341. The first-order chi connectivity index (χ1) is 9.54. The quantitative estimate of drug-likeness (QED) is 0.895. The van der Waals surface area contributed by atoms with E-state index in [1.54, 1.807) is 0 Å². The lowest BCUT2D eigenvalue weighted by Crippen LogP contribution is -2.19. The molecule has 1 unspecified atom stereocenters. The molecule has 2 rings (SSSR count). The molecule has 1 N–H and O–H groups in total. The van der Waals surface area contributed by atoms with E-state index < -0.39 is 0 Å². The van der Waals surface area contributed by atoms with Crippen molar-refractivity contribution >= 4 is 0 Å². The van der Waals surface area contributed by atoms with Crippen LogP contribution in [0.15, 0.2) is 24.4 Å². The second-order valence-corrected chi connectivity index (χ2v) is 5.56. The smallest absolute Gasteiger partial charge is 0.0680 e. The zero-order valence-corrected chi connectivity index (χ0v) is 13.2. The van der Waals surface area contributed by atoms with Gasteiger partial charge in [-0.25, -0.2) is 4.68 Å². The number of nitrogens with one attached hydrogen (secondary N) is 1. The number of hydrogen-bond acceptors (Lipinski definition) is 2. The maximum atomic E-state index is 4.59. The van der Waals surface area contributed by atoms with Crippen molar-refractivity contribution in [2.75, 3.05) is 6.54 Å². The van der Waals surface area contributed by atoms with Crippen LogP contribution in [0.5, 0.6) is 0 Å². The summed E-state index contributed by atoms with van der Waals surface area (Å²) in [6, 6.07) is 6.84. The average molecular weight is 271 g/mol. The second-order valence-electron chi connectivity index (χ2n) is 5.56. The molecule has 3 heteroatoms. The number of aryl methyl sites for hydroxylation is 2. The summed E-state index contributed by atoms with van der Waals surface area (Å²) in [7, 11) is 0. The number of benzene rings is 1. The maximum absolute atomic E-state index is 4.59. The average Bonchev–Trinajstić information content (AvgIpc) is 2.80. The van der Waals surface area contributed by atoms with Crippen molar-refractivity contribution in [1.29, 1.82) is 0 Å².